The van der Waals surface area contributed by atoms with Crippen molar-refractivity contribution in [1.29, 1.82) is 0 Å². The summed E-state index contributed by atoms with van der Waals surface area (Å²) in [7, 11) is 1.28. The van der Waals surface area contributed by atoms with Crippen molar-refractivity contribution < 1.29 is 23.8 Å². The first kappa shape index (κ1) is 12.7. The van der Waals surface area contributed by atoms with Crippen molar-refractivity contribution >= 4 is 5.97 Å². The minimum absolute atomic E-state index is 0.0667. The largest absolute Gasteiger partial charge is 0.487 e. The van der Waals surface area contributed by atoms with Gasteiger partial charge < -0.3 is 19.0 Å². The average Bonchev–Trinajstić information content (AvgIpc) is 3.12. The minimum Gasteiger partial charge on any atom is -0.487 e. The molecule has 0 saturated heterocycles. The van der Waals surface area contributed by atoms with Crippen LogP contribution in [0, 0.1) is 0 Å². The number of para-hydroxylation sites is 1. The van der Waals surface area contributed by atoms with Crippen molar-refractivity contribution in [2.24, 2.45) is 0 Å². The number of esters is 1. The summed E-state index contributed by atoms with van der Waals surface area (Å²) in [4.78, 5) is 11.3. The molecule has 2 heterocycles. The van der Waals surface area contributed by atoms with Gasteiger partial charge in [0.05, 0.1) is 7.11 Å². The molecule has 1 aromatic heterocycles. The lowest BCUT2D eigenvalue weighted by molar-refractivity contribution is 0.0311. The molecule has 1 N–H and O–H groups in total. The Balaban J connectivity index is 1.76. The molecular weight excluding hydrogens is 260 g/mol. The molecule has 0 amide bonds. The summed E-state index contributed by atoms with van der Waals surface area (Å²) in [6.45, 7) is 0. The molecule has 1 aliphatic rings. The van der Waals surface area contributed by atoms with Crippen LogP contribution in [0.2, 0.25) is 0 Å². The fourth-order valence-corrected chi connectivity index (χ4v) is 2.29. The van der Waals surface area contributed by atoms with Gasteiger partial charge in [0.25, 0.3) is 0 Å². The number of ether oxygens (including phenoxy) is 2. The number of rotatable bonds is 3. The third-order valence-electron chi connectivity index (χ3n) is 3.33. The summed E-state index contributed by atoms with van der Waals surface area (Å²) in [6, 6.07) is 10.7. The maximum Gasteiger partial charge on any atom is 0.373 e. The summed E-state index contributed by atoms with van der Waals surface area (Å²) in [6.07, 6.45) is -0.740. The van der Waals surface area contributed by atoms with Crippen molar-refractivity contribution in [3.63, 3.8) is 0 Å². The average molecular weight is 274 g/mol. The van der Waals surface area contributed by atoms with E-state index in [-0.39, 0.29) is 5.76 Å². The lowest BCUT2D eigenvalue weighted by atomic mass is 10.1. The highest BCUT2D eigenvalue weighted by Gasteiger charge is 2.32. The molecule has 1 aliphatic heterocycles. The summed E-state index contributed by atoms with van der Waals surface area (Å²) in [5.74, 6) is 0.565. The second-order valence-electron chi connectivity index (χ2n) is 4.61. The Morgan fingerprint density at radius 2 is 2.15 bits per heavy atom. The van der Waals surface area contributed by atoms with Gasteiger partial charge in [-0.2, -0.15) is 0 Å². The van der Waals surface area contributed by atoms with Crippen LogP contribution in [-0.4, -0.2) is 24.3 Å². The predicted molar refractivity (Wildman–Crippen MR) is 69.6 cm³/mol. The number of aliphatic hydroxyl groups excluding tert-OH is 1. The quantitative estimate of drug-likeness (QED) is 0.868. The summed E-state index contributed by atoms with van der Waals surface area (Å²) < 4.78 is 15.6. The normalized spacial score (nSPS) is 18.2. The van der Waals surface area contributed by atoms with Gasteiger partial charge in [0.1, 0.15) is 23.7 Å². The standard InChI is InChI=1S/C15H14O5/c1-18-15(17)12-7-6-11(20-12)14(16)13-8-9-4-2-3-5-10(9)19-13/h2-7,13-14,16H,8H2,1H3. The predicted octanol–water partition coefficient (Wildman–Crippen LogP) is 2.10. The summed E-state index contributed by atoms with van der Waals surface area (Å²) >= 11 is 0. The molecule has 0 fully saturated rings. The first-order valence-corrected chi connectivity index (χ1v) is 6.29. The van der Waals surface area contributed by atoms with Gasteiger partial charge in [0.15, 0.2) is 0 Å². The molecule has 5 nitrogen and oxygen atoms in total. The van der Waals surface area contributed by atoms with Gasteiger partial charge in [0, 0.05) is 6.42 Å². The number of fused-ring (bicyclic) bond motifs is 1. The number of hydrogen-bond donors (Lipinski definition) is 1. The zero-order valence-electron chi connectivity index (χ0n) is 10.9. The minimum atomic E-state index is -0.930. The van der Waals surface area contributed by atoms with E-state index in [1.807, 2.05) is 24.3 Å². The lowest BCUT2D eigenvalue weighted by Gasteiger charge is -2.15. The Morgan fingerprint density at radius 3 is 2.90 bits per heavy atom. The molecular formula is C15H14O5. The fourth-order valence-electron chi connectivity index (χ4n) is 2.29. The molecule has 0 aliphatic carbocycles. The van der Waals surface area contributed by atoms with Gasteiger partial charge in [-0.25, -0.2) is 4.79 Å². The van der Waals surface area contributed by atoms with Crippen LogP contribution >= 0.6 is 0 Å². The van der Waals surface area contributed by atoms with Gasteiger partial charge in [0.2, 0.25) is 5.76 Å². The van der Waals surface area contributed by atoms with Crippen LogP contribution in [0.1, 0.15) is 28.0 Å². The third kappa shape index (κ3) is 2.16. The van der Waals surface area contributed by atoms with E-state index in [4.69, 9.17) is 9.15 Å². The van der Waals surface area contributed by atoms with Crippen LogP contribution in [-0.2, 0) is 11.2 Å². The molecule has 0 spiro atoms. The van der Waals surface area contributed by atoms with E-state index in [1.54, 1.807) is 6.07 Å². The highest BCUT2D eigenvalue weighted by molar-refractivity contribution is 5.86. The third-order valence-corrected chi connectivity index (χ3v) is 3.33. The maximum absolute atomic E-state index is 11.3. The van der Waals surface area contributed by atoms with E-state index < -0.39 is 18.2 Å². The highest BCUT2D eigenvalue weighted by Crippen LogP contribution is 2.34. The van der Waals surface area contributed by atoms with Crippen molar-refractivity contribution in [1.82, 2.24) is 0 Å². The van der Waals surface area contributed by atoms with Crippen molar-refractivity contribution in [3.8, 4) is 5.75 Å². The summed E-state index contributed by atoms with van der Waals surface area (Å²) in [5.41, 5.74) is 1.05. The number of benzene rings is 1. The van der Waals surface area contributed by atoms with Crippen LogP contribution in [0.15, 0.2) is 40.8 Å². The van der Waals surface area contributed by atoms with Crippen LogP contribution < -0.4 is 4.74 Å². The van der Waals surface area contributed by atoms with Gasteiger partial charge in [-0.05, 0) is 23.8 Å². The molecule has 2 unspecified atom stereocenters. The Labute approximate surface area is 115 Å². The number of carbonyl (C=O) groups is 1. The monoisotopic (exact) mass is 274 g/mol. The van der Waals surface area contributed by atoms with E-state index in [1.165, 1.54) is 13.2 Å². The number of carbonyl (C=O) groups excluding carboxylic acids is 1. The van der Waals surface area contributed by atoms with E-state index >= 15 is 0 Å². The molecule has 20 heavy (non-hydrogen) atoms. The molecule has 0 radical (unpaired) electrons. The smallest absolute Gasteiger partial charge is 0.373 e. The maximum atomic E-state index is 11.3. The topological polar surface area (TPSA) is 68.9 Å². The van der Waals surface area contributed by atoms with E-state index in [2.05, 4.69) is 4.74 Å². The zero-order valence-corrected chi connectivity index (χ0v) is 10.9. The van der Waals surface area contributed by atoms with E-state index in [0.29, 0.717) is 12.2 Å². The lowest BCUT2D eigenvalue weighted by Crippen LogP contribution is -2.22. The molecule has 2 aromatic rings. The molecule has 2 atom stereocenters. The van der Waals surface area contributed by atoms with Gasteiger partial charge in [-0.15, -0.1) is 0 Å². The van der Waals surface area contributed by atoms with E-state index in [0.717, 1.165) is 11.3 Å². The first-order valence-electron chi connectivity index (χ1n) is 6.29. The van der Waals surface area contributed by atoms with Crippen LogP contribution in [0.5, 0.6) is 5.75 Å². The van der Waals surface area contributed by atoms with Crippen molar-refractivity contribution in [2.45, 2.75) is 18.6 Å². The first-order chi connectivity index (χ1) is 9.69. The Kier molecular flexibility index (Phi) is 3.20. The fraction of sp³-hybridized carbons (Fsp3) is 0.267. The van der Waals surface area contributed by atoms with Gasteiger partial charge in [-0.1, -0.05) is 18.2 Å². The second kappa shape index (κ2) is 5.02. The number of hydrogen-bond acceptors (Lipinski definition) is 5. The van der Waals surface area contributed by atoms with Gasteiger partial charge >= 0.3 is 5.97 Å². The molecule has 0 bridgehead atoms. The highest BCUT2D eigenvalue weighted by atomic mass is 16.5. The second-order valence-corrected chi connectivity index (χ2v) is 4.61. The molecule has 104 valence electrons. The van der Waals surface area contributed by atoms with Crippen LogP contribution in [0.25, 0.3) is 0 Å². The van der Waals surface area contributed by atoms with Gasteiger partial charge in [-0.3, -0.25) is 0 Å². The van der Waals surface area contributed by atoms with E-state index in [9.17, 15) is 9.90 Å². The number of furan rings is 1. The van der Waals surface area contributed by atoms with Crippen LogP contribution in [0.3, 0.4) is 0 Å². The van der Waals surface area contributed by atoms with Crippen molar-refractivity contribution in [2.75, 3.05) is 7.11 Å². The van der Waals surface area contributed by atoms with Crippen LogP contribution in [0.4, 0.5) is 0 Å². The number of methoxy groups -OCH3 is 1. The Bertz CT molecular complexity index is 606. The zero-order chi connectivity index (χ0) is 14.1. The molecule has 3 rings (SSSR count). The van der Waals surface area contributed by atoms with Crippen molar-refractivity contribution in [3.05, 3.63) is 53.5 Å². The Morgan fingerprint density at radius 1 is 1.35 bits per heavy atom. The molecule has 5 heteroatoms. The molecule has 1 aromatic carbocycles. The summed E-state index contributed by atoms with van der Waals surface area (Å²) in [5, 5.41) is 10.3. The molecule has 0 saturated carbocycles. The number of aliphatic hydroxyl groups is 1. The Hall–Kier alpha value is -2.27. The SMILES string of the molecule is COC(=O)c1ccc(C(O)C2Cc3ccccc3O2)o1.